The number of aromatic nitrogens is 1. The van der Waals surface area contributed by atoms with Gasteiger partial charge < -0.3 is 14.7 Å². The van der Waals surface area contributed by atoms with E-state index in [1.807, 2.05) is 0 Å². The highest BCUT2D eigenvalue weighted by Gasteiger charge is 2.37. The number of nitriles is 1. The molecule has 182 valence electrons. The molecule has 1 heterocycles. The van der Waals surface area contributed by atoms with Crippen LogP contribution in [0.15, 0.2) is 24.3 Å². The van der Waals surface area contributed by atoms with E-state index < -0.39 is 28.8 Å². The summed E-state index contributed by atoms with van der Waals surface area (Å²) in [5.74, 6) is -1.88. The average Bonchev–Trinajstić information content (AvgIpc) is 2.72. The van der Waals surface area contributed by atoms with Crippen molar-refractivity contribution in [3.05, 3.63) is 62.5 Å². The SMILES string of the molecule is CCOC(=O)c1c(C)nc(C)c(C(=O)OCCC#N)c1-c1ccccc1C(F)(F)F.O=[N+]([O-])O. The Kier molecular flexibility index (Phi) is 9.94. The Balaban J connectivity index is 0.00000133. The van der Waals surface area contributed by atoms with Crippen LogP contribution in [0.3, 0.4) is 0 Å². The van der Waals surface area contributed by atoms with Crippen LogP contribution in [0.2, 0.25) is 0 Å². The first-order valence-corrected chi connectivity index (χ1v) is 9.58. The molecule has 0 saturated heterocycles. The first kappa shape index (κ1) is 27.8. The van der Waals surface area contributed by atoms with E-state index in [-0.39, 0.29) is 53.3 Å². The van der Waals surface area contributed by atoms with Crippen molar-refractivity contribution in [3.8, 4) is 17.2 Å². The maximum Gasteiger partial charge on any atom is 0.417 e. The molecule has 10 nitrogen and oxygen atoms in total. The number of hydrogen-bond donors (Lipinski definition) is 1. The maximum atomic E-state index is 13.7. The molecule has 0 unspecified atom stereocenters. The number of ether oxygens (including phenoxy) is 2. The number of halogens is 3. The Morgan fingerprint density at radius 2 is 1.65 bits per heavy atom. The molecule has 34 heavy (non-hydrogen) atoms. The van der Waals surface area contributed by atoms with E-state index in [2.05, 4.69) is 4.98 Å². The summed E-state index contributed by atoms with van der Waals surface area (Å²) < 4.78 is 51.2. The summed E-state index contributed by atoms with van der Waals surface area (Å²) in [6.07, 6.45) is -4.83. The summed E-state index contributed by atoms with van der Waals surface area (Å²) in [7, 11) is 0. The van der Waals surface area contributed by atoms with Gasteiger partial charge in [-0.25, -0.2) is 9.59 Å². The lowest BCUT2D eigenvalue weighted by molar-refractivity contribution is -0.742. The summed E-state index contributed by atoms with van der Waals surface area (Å²) in [6.45, 7) is 4.16. The zero-order chi connectivity index (χ0) is 26.1. The lowest BCUT2D eigenvalue weighted by atomic mass is 9.89. The second-order valence-corrected chi connectivity index (χ2v) is 6.45. The topological polar surface area (TPSA) is 153 Å². The number of carbonyl (C=O) groups is 2. The monoisotopic (exact) mass is 483 g/mol. The quantitative estimate of drug-likeness (QED) is 0.274. The fourth-order valence-corrected chi connectivity index (χ4v) is 3.03. The predicted molar refractivity (Wildman–Crippen MR) is 109 cm³/mol. The molecule has 1 aromatic heterocycles. The van der Waals surface area contributed by atoms with Crippen LogP contribution in [-0.2, 0) is 15.7 Å². The van der Waals surface area contributed by atoms with Crippen LogP contribution in [0.4, 0.5) is 13.2 Å². The molecule has 1 aromatic carbocycles. The Labute approximate surface area is 191 Å². The minimum absolute atomic E-state index is 0.0194. The smallest absolute Gasteiger partial charge is 0.417 e. The molecule has 0 bridgehead atoms. The van der Waals surface area contributed by atoms with Gasteiger partial charge in [-0.1, -0.05) is 18.2 Å². The molecule has 0 saturated carbocycles. The van der Waals surface area contributed by atoms with E-state index in [0.29, 0.717) is 0 Å². The van der Waals surface area contributed by atoms with Crippen LogP contribution in [-0.4, -0.2) is 40.4 Å². The van der Waals surface area contributed by atoms with E-state index >= 15 is 0 Å². The zero-order valence-electron chi connectivity index (χ0n) is 18.3. The maximum absolute atomic E-state index is 13.7. The highest BCUT2D eigenvalue weighted by molar-refractivity contribution is 6.07. The highest BCUT2D eigenvalue weighted by Crippen LogP contribution is 2.41. The molecule has 0 atom stereocenters. The van der Waals surface area contributed by atoms with Gasteiger partial charge in [0.2, 0.25) is 0 Å². The molecule has 0 aliphatic rings. The fourth-order valence-electron chi connectivity index (χ4n) is 3.03. The van der Waals surface area contributed by atoms with Gasteiger partial charge in [-0.3, -0.25) is 4.98 Å². The number of nitrogens with zero attached hydrogens (tertiary/aromatic N) is 3. The largest absolute Gasteiger partial charge is 0.462 e. The molecule has 0 spiro atoms. The first-order chi connectivity index (χ1) is 15.9. The van der Waals surface area contributed by atoms with Gasteiger partial charge >= 0.3 is 18.1 Å². The lowest BCUT2D eigenvalue weighted by Crippen LogP contribution is -2.19. The average molecular weight is 483 g/mol. The van der Waals surface area contributed by atoms with Crippen molar-refractivity contribution < 1.29 is 42.5 Å². The Morgan fingerprint density at radius 1 is 1.15 bits per heavy atom. The van der Waals surface area contributed by atoms with Crippen LogP contribution in [0, 0.1) is 35.3 Å². The molecule has 0 radical (unpaired) electrons. The Morgan fingerprint density at radius 3 is 2.12 bits per heavy atom. The summed E-state index contributed by atoms with van der Waals surface area (Å²) in [6, 6.07) is 6.42. The van der Waals surface area contributed by atoms with Gasteiger partial charge in [0.25, 0.3) is 5.09 Å². The number of rotatable bonds is 6. The molecule has 0 amide bonds. The zero-order valence-corrected chi connectivity index (χ0v) is 18.3. The van der Waals surface area contributed by atoms with Gasteiger partial charge in [-0.05, 0) is 32.4 Å². The molecule has 13 heteroatoms. The van der Waals surface area contributed by atoms with Gasteiger partial charge in [0, 0.05) is 5.56 Å². The predicted octanol–water partition coefficient (Wildman–Crippen LogP) is 4.28. The van der Waals surface area contributed by atoms with E-state index in [1.165, 1.54) is 32.0 Å². The number of aryl methyl sites for hydroxylation is 2. The number of benzene rings is 1. The van der Waals surface area contributed by atoms with E-state index in [0.717, 1.165) is 6.07 Å². The van der Waals surface area contributed by atoms with Crippen LogP contribution in [0.25, 0.3) is 11.1 Å². The first-order valence-electron chi connectivity index (χ1n) is 9.58. The van der Waals surface area contributed by atoms with Crippen molar-refractivity contribution in [1.29, 1.82) is 5.26 Å². The second kappa shape index (κ2) is 12.1. The molecular formula is C21H20F3N3O7. The Hall–Kier alpha value is -4.21. The number of esters is 2. The number of pyridine rings is 1. The van der Waals surface area contributed by atoms with Gasteiger partial charge in [0.1, 0.15) is 6.61 Å². The molecular weight excluding hydrogens is 463 g/mol. The van der Waals surface area contributed by atoms with Gasteiger partial charge in [-0.2, -0.15) is 18.4 Å². The second-order valence-electron chi connectivity index (χ2n) is 6.45. The van der Waals surface area contributed by atoms with Crippen LogP contribution in [0.1, 0.15) is 51.0 Å². The van der Waals surface area contributed by atoms with Crippen molar-refractivity contribution in [2.75, 3.05) is 13.2 Å². The van der Waals surface area contributed by atoms with Crippen molar-refractivity contribution in [2.45, 2.75) is 33.4 Å². The minimum atomic E-state index is -4.74. The summed E-state index contributed by atoms with van der Waals surface area (Å²) in [5.41, 5.74) is -1.96. The highest BCUT2D eigenvalue weighted by atomic mass is 19.4. The molecule has 0 fully saturated rings. The van der Waals surface area contributed by atoms with E-state index in [1.54, 1.807) is 13.0 Å². The Bertz CT molecular complexity index is 1110. The van der Waals surface area contributed by atoms with Crippen LogP contribution >= 0.6 is 0 Å². The third-order valence-electron chi connectivity index (χ3n) is 4.19. The van der Waals surface area contributed by atoms with Gasteiger partial charge in [0.15, 0.2) is 0 Å². The summed E-state index contributed by atoms with van der Waals surface area (Å²) in [4.78, 5) is 37.9. The molecule has 2 aromatic rings. The molecule has 2 rings (SSSR count). The molecule has 0 aliphatic carbocycles. The summed E-state index contributed by atoms with van der Waals surface area (Å²) in [5, 5.41) is 22.3. The van der Waals surface area contributed by atoms with Crippen molar-refractivity contribution in [3.63, 3.8) is 0 Å². The van der Waals surface area contributed by atoms with E-state index in [4.69, 9.17) is 30.1 Å². The summed E-state index contributed by atoms with van der Waals surface area (Å²) >= 11 is 0. The number of hydrogen-bond acceptors (Lipinski definition) is 8. The minimum Gasteiger partial charge on any atom is -0.462 e. The van der Waals surface area contributed by atoms with Crippen molar-refractivity contribution in [1.82, 2.24) is 4.98 Å². The third kappa shape index (κ3) is 7.16. The lowest BCUT2D eigenvalue weighted by Gasteiger charge is -2.20. The van der Waals surface area contributed by atoms with E-state index in [9.17, 15) is 22.8 Å². The molecule has 1 N–H and O–H groups in total. The number of carbonyl (C=O) groups excluding carboxylic acids is 2. The number of alkyl halides is 3. The van der Waals surface area contributed by atoms with Gasteiger partial charge in [-0.15, -0.1) is 10.1 Å². The van der Waals surface area contributed by atoms with Gasteiger partial charge in [0.05, 0.1) is 47.2 Å². The normalized spacial score (nSPS) is 10.4. The van der Waals surface area contributed by atoms with Crippen molar-refractivity contribution in [2.24, 2.45) is 0 Å². The van der Waals surface area contributed by atoms with Crippen molar-refractivity contribution >= 4 is 11.9 Å². The van der Waals surface area contributed by atoms with Crippen LogP contribution < -0.4 is 0 Å². The standard InChI is InChI=1S/C21H19F3N2O4.HNO3/c1-4-29-19(27)16-12(2)26-13(3)17(20(28)30-11-7-10-25)18(16)14-8-5-6-9-15(14)21(22,23)24;2-1(3)4/h5-6,8-9H,4,7,11H2,1-3H3;(H,2,3,4). The third-order valence-corrected chi connectivity index (χ3v) is 4.19. The van der Waals surface area contributed by atoms with Crippen LogP contribution in [0.5, 0.6) is 0 Å². The fraction of sp³-hybridized carbons (Fsp3) is 0.333. The molecule has 0 aliphatic heterocycles.